The summed E-state index contributed by atoms with van der Waals surface area (Å²) in [5.74, 6) is 0.317. The van der Waals surface area contributed by atoms with Crippen LogP contribution >= 0.6 is 0 Å². The summed E-state index contributed by atoms with van der Waals surface area (Å²) in [4.78, 5) is 27.2. The number of rotatable bonds is 7. The van der Waals surface area contributed by atoms with E-state index in [2.05, 4.69) is 15.5 Å². The number of benzene rings is 3. The molecule has 8 nitrogen and oxygen atoms in total. The van der Waals surface area contributed by atoms with Gasteiger partial charge in [0.2, 0.25) is 0 Å². The minimum absolute atomic E-state index is 0.0431. The van der Waals surface area contributed by atoms with Crippen molar-refractivity contribution in [2.75, 3.05) is 0 Å². The second kappa shape index (κ2) is 9.69. The van der Waals surface area contributed by atoms with E-state index >= 15 is 0 Å². The smallest absolute Gasteiger partial charge is 0.273 e. The zero-order chi connectivity index (χ0) is 23.2. The Hall–Kier alpha value is -4.59. The van der Waals surface area contributed by atoms with Gasteiger partial charge in [0.05, 0.1) is 27.9 Å². The molecule has 1 N–H and O–H groups in total. The first-order valence-electron chi connectivity index (χ1n) is 10.2. The molecule has 1 amide bonds. The van der Waals surface area contributed by atoms with Crippen molar-refractivity contribution in [2.45, 2.75) is 13.5 Å². The molecule has 0 bridgehead atoms. The lowest BCUT2D eigenvalue weighted by Crippen LogP contribution is -2.19. The Morgan fingerprint density at radius 3 is 2.55 bits per heavy atom. The van der Waals surface area contributed by atoms with E-state index in [0.29, 0.717) is 23.6 Å². The Labute approximate surface area is 189 Å². The molecule has 4 aromatic rings. The molecule has 0 fully saturated rings. The second-order valence-electron chi connectivity index (χ2n) is 7.29. The van der Waals surface area contributed by atoms with Crippen LogP contribution in [0.15, 0.2) is 84.0 Å². The molecule has 1 heterocycles. The minimum Gasteiger partial charge on any atom is -0.489 e. The zero-order valence-corrected chi connectivity index (χ0v) is 17.8. The molecular weight excluding hydrogens is 420 g/mol. The van der Waals surface area contributed by atoms with Crippen LogP contribution in [0.25, 0.3) is 10.9 Å². The van der Waals surface area contributed by atoms with Gasteiger partial charge in [0, 0.05) is 17.5 Å². The number of ether oxygens (including phenoxy) is 1. The molecule has 1 aromatic heterocycles. The third-order valence-corrected chi connectivity index (χ3v) is 4.97. The Bertz CT molecular complexity index is 1330. The van der Waals surface area contributed by atoms with Gasteiger partial charge in [0.25, 0.3) is 11.6 Å². The lowest BCUT2D eigenvalue weighted by atomic mass is 10.1. The van der Waals surface area contributed by atoms with Gasteiger partial charge in [0.1, 0.15) is 12.4 Å². The maximum absolute atomic E-state index is 12.5. The first-order chi connectivity index (χ1) is 16.0. The van der Waals surface area contributed by atoms with E-state index in [-0.39, 0.29) is 11.6 Å². The van der Waals surface area contributed by atoms with Crippen molar-refractivity contribution in [3.8, 4) is 5.75 Å². The summed E-state index contributed by atoms with van der Waals surface area (Å²) in [7, 11) is 0. The predicted octanol–water partition coefficient (Wildman–Crippen LogP) is 4.79. The summed E-state index contributed by atoms with van der Waals surface area (Å²) in [6.45, 7) is 2.08. The number of amides is 1. The number of nitro groups is 1. The number of pyridine rings is 1. The van der Waals surface area contributed by atoms with Gasteiger partial charge < -0.3 is 4.74 Å². The van der Waals surface area contributed by atoms with Crippen molar-refractivity contribution < 1.29 is 14.5 Å². The molecule has 0 aliphatic carbocycles. The van der Waals surface area contributed by atoms with Crippen molar-refractivity contribution >= 4 is 28.7 Å². The summed E-state index contributed by atoms with van der Waals surface area (Å²) in [5, 5.41) is 15.6. The van der Waals surface area contributed by atoms with Gasteiger partial charge in [-0.15, -0.1) is 0 Å². The maximum Gasteiger partial charge on any atom is 0.273 e. The van der Waals surface area contributed by atoms with Crippen molar-refractivity contribution in [2.24, 2.45) is 5.10 Å². The molecule has 0 spiro atoms. The van der Waals surface area contributed by atoms with E-state index in [1.807, 2.05) is 36.4 Å². The fourth-order valence-corrected chi connectivity index (χ4v) is 3.20. The van der Waals surface area contributed by atoms with Gasteiger partial charge in [-0.25, -0.2) is 5.43 Å². The first-order valence-corrected chi connectivity index (χ1v) is 10.2. The molecule has 33 heavy (non-hydrogen) atoms. The van der Waals surface area contributed by atoms with E-state index < -0.39 is 4.92 Å². The number of aryl methyl sites for hydroxylation is 1. The SMILES string of the molecule is Cc1nc2ccccc2cc1C(=O)NN=Cc1ccc(OCc2ccc([N+](=O)[O-])cc2)cc1. The van der Waals surface area contributed by atoms with Crippen molar-refractivity contribution in [3.63, 3.8) is 0 Å². The largest absolute Gasteiger partial charge is 0.489 e. The zero-order valence-electron chi connectivity index (χ0n) is 17.8. The number of nitro benzene ring substituents is 1. The number of hydrogen-bond acceptors (Lipinski definition) is 6. The number of fused-ring (bicyclic) bond motifs is 1. The van der Waals surface area contributed by atoms with Gasteiger partial charge >= 0.3 is 0 Å². The molecule has 0 atom stereocenters. The molecule has 0 saturated heterocycles. The van der Waals surface area contributed by atoms with Crippen LogP contribution in [-0.4, -0.2) is 22.0 Å². The van der Waals surface area contributed by atoms with Crippen LogP contribution in [0.1, 0.15) is 27.2 Å². The number of non-ortho nitro benzene ring substituents is 1. The Morgan fingerprint density at radius 1 is 1.09 bits per heavy atom. The average Bonchev–Trinajstić information content (AvgIpc) is 2.83. The summed E-state index contributed by atoms with van der Waals surface area (Å²) < 4.78 is 5.71. The molecule has 0 radical (unpaired) electrons. The van der Waals surface area contributed by atoms with E-state index in [9.17, 15) is 14.9 Å². The minimum atomic E-state index is -0.437. The van der Waals surface area contributed by atoms with Crippen LogP contribution < -0.4 is 10.2 Å². The summed E-state index contributed by atoms with van der Waals surface area (Å²) >= 11 is 0. The number of carbonyl (C=O) groups is 1. The van der Waals surface area contributed by atoms with Crippen LogP contribution in [0, 0.1) is 17.0 Å². The highest BCUT2D eigenvalue weighted by Gasteiger charge is 2.11. The second-order valence-corrected chi connectivity index (χ2v) is 7.29. The van der Waals surface area contributed by atoms with E-state index in [4.69, 9.17) is 4.74 Å². The highest BCUT2D eigenvalue weighted by Crippen LogP contribution is 2.17. The number of aromatic nitrogens is 1. The average molecular weight is 440 g/mol. The van der Waals surface area contributed by atoms with E-state index in [0.717, 1.165) is 22.0 Å². The number of nitrogens with one attached hydrogen (secondary N) is 1. The summed E-state index contributed by atoms with van der Waals surface area (Å²) in [6, 6.07) is 22.8. The highest BCUT2D eigenvalue weighted by molar-refractivity contribution is 5.99. The first kappa shape index (κ1) is 21.6. The van der Waals surface area contributed by atoms with Crippen molar-refractivity contribution in [1.29, 1.82) is 0 Å². The Balaban J connectivity index is 1.33. The van der Waals surface area contributed by atoms with Gasteiger partial charge in [-0.1, -0.05) is 18.2 Å². The normalized spacial score (nSPS) is 10.9. The predicted molar refractivity (Wildman–Crippen MR) is 125 cm³/mol. The molecule has 8 heteroatoms. The monoisotopic (exact) mass is 440 g/mol. The molecule has 0 aliphatic heterocycles. The third-order valence-electron chi connectivity index (χ3n) is 4.97. The maximum atomic E-state index is 12.5. The quantitative estimate of drug-likeness (QED) is 0.252. The molecule has 0 aliphatic rings. The van der Waals surface area contributed by atoms with Gasteiger partial charge in [-0.05, 0) is 66.6 Å². The molecule has 0 unspecified atom stereocenters. The Morgan fingerprint density at radius 2 is 1.82 bits per heavy atom. The fraction of sp³-hybridized carbons (Fsp3) is 0.0800. The topological polar surface area (TPSA) is 107 Å². The van der Waals surface area contributed by atoms with Gasteiger partial charge in [-0.3, -0.25) is 19.9 Å². The fourth-order valence-electron chi connectivity index (χ4n) is 3.20. The number of hydrogen-bond donors (Lipinski definition) is 1. The van der Waals surface area contributed by atoms with E-state index in [1.54, 1.807) is 43.5 Å². The molecule has 164 valence electrons. The number of nitrogens with zero attached hydrogens (tertiary/aromatic N) is 3. The van der Waals surface area contributed by atoms with Crippen LogP contribution in [0.3, 0.4) is 0 Å². The molecular formula is C25H20N4O4. The van der Waals surface area contributed by atoms with Gasteiger partial charge in [-0.2, -0.15) is 5.10 Å². The lowest BCUT2D eigenvalue weighted by Gasteiger charge is -2.07. The number of carbonyl (C=O) groups excluding carboxylic acids is 1. The van der Waals surface area contributed by atoms with Crippen molar-refractivity contribution in [1.82, 2.24) is 10.4 Å². The van der Waals surface area contributed by atoms with Gasteiger partial charge in [0.15, 0.2) is 0 Å². The number of hydrazone groups is 1. The van der Waals surface area contributed by atoms with Crippen molar-refractivity contribution in [3.05, 3.63) is 111 Å². The summed E-state index contributed by atoms with van der Waals surface area (Å²) in [6.07, 6.45) is 1.54. The van der Waals surface area contributed by atoms with Crippen LogP contribution in [0.2, 0.25) is 0 Å². The molecule has 4 rings (SSSR count). The van der Waals surface area contributed by atoms with Crippen LogP contribution in [0.5, 0.6) is 5.75 Å². The van der Waals surface area contributed by atoms with E-state index in [1.165, 1.54) is 12.1 Å². The van der Waals surface area contributed by atoms with Crippen LogP contribution in [-0.2, 0) is 6.61 Å². The standard InChI is InChI=1S/C25H20N4O4/c1-17-23(14-20-4-2-3-5-24(20)27-17)25(30)28-26-15-18-8-12-22(13-9-18)33-16-19-6-10-21(11-7-19)29(31)32/h2-15H,16H2,1H3,(H,28,30). The lowest BCUT2D eigenvalue weighted by molar-refractivity contribution is -0.384. The molecule has 3 aromatic carbocycles. The highest BCUT2D eigenvalue weighted by atomic mass is 16.6. The van der Waals surface area contributed by atoms with Crippen LogP contribution in [0.4, 0.5) is 5.69 Å². The summed E-state index contributed by atoms with van der Waals surface area (Å²) in [5.41, 5.74) is 6.14. The third kappa shape index (κ3) is 5.37. The number of para-hydroxylation sites is 1. The Kier molecular flexibility index (Phi) is 6.36. The molecule has 0 saturated carbocycles.